The van der Waals surface area contributed by atoms with Crippen molar-refractivity contribution in [2.75, 3.05) is 12.4 Å². The van der Waals surface area contributed by atoms with Crippen molar-refractivity contribution in [1.29, 1.82) is 0 Å². The lowest BCUT2D eigenvalue weighted by Crippen LogP contribution is -2.44. The largest absolute Gasteiger partial charge is 0.421 e. The van der Waals surface area contributed by atoms with Crippen molar-refractivity contribution >= 4 is 27.6 Å². The molecule has 2 aliphatic carbocycles. The number of hydrogen-bond donors (Lipinski definition) is 4. The highest BCUT2D eigenvalue weighted by Crippen LogP contribution is 2.48. The van der Waals surface area contributed by atoms with Crippen LogP contribution in [0.2, 0.25) is 0 Å². The van der Waals surface area contributed by atoms with Gasteiger partial charge in [0.2, 0.25) is 0 Å². The molecule has 6 rings (SSSR count). The molecule has 1 saturated carbocycles. The Bertz CT molecular complexity index is 1390. The first-order valence-corrected chi connectivity index (χ1v) is 11.1. The van der Waals surface area contributed by atoms with E-state index in [9.17, 15) is 5.11 Å². The number of halogens is 1. The van der Waals surface area contributed by atoms with Gasteiger partial charge in [0, 0.05) is 29.8 Å². The van der Waals surface area contributed by atoms with Gasteiger partial charge in [0.15, 0.2) is 5.75 Å². The molecule has 4 unspecified atom stereocenters. The number of aromatic nitrogens is 5. The van der Waals surface area contributed by atoms with Gasteiger partial charge in [-0.1, -0.05) is 0 Å². The van der Waals surface area contributed by atoms with Gasteiger partial charge < -0.3 is 25.9 Å². The molecule has 0 spiro atoms. The fraction of sp³-hybridized carbons (Fsp3) is 0.391. The molecule has 1 aromatic carbocycles. The fourth-order valence-electron chi connectivity index (χ4n) is 5.37. The van der Waals surface area contributed by atoms with E-state index < -0.39 is 6.10 Å². The molecule has 0 aliphatic heterocycles. The van der Waals surface area contributed by atoms with Crippen LogP contribution < -0.4 is 15.8 Å². The molecule has 33 heavy (non-hydrogen) atoms. The number of nitrogens with two attached hydrogens (primary N) is 1. The molecule has 0 saturated heterocycles. The third-order valence-corrected chi connectivity index (χ3v) is 6.98. The van der Waals surface area contributed by atoms with Gasteiger partial charge in [0.1, 0.15) is 17.3 Å². The van der Waals surface area contributed by atoms with Crippen LogP contribution in [0.4, 0.5) is 10.1 Å². The van der Waals surface area contributed by atoms with E-state index >= 15 is 4.39 Å². The van der Waals surface area contributed by atoms with Crippen LogP contribution in [-0.4, -0.2) is 49.2 Å². The Kier molecular flexibility index (Phi) is 4.49. The molecule has 0 radical (unpaired) electrons. The van der Waals surface area contributed by atoms with Crippen molar-refractivity contribution in [3.63, 3.8) is 0 Å². The highest BCUT2D eigenvalue weighted by Gasteiger charge is 2.41. The number of H-pyrrole nitrogens is 1. The van der Waals surface area contributed by atoms with E-state index in [0.717, 1.165) is 22.0 Å². The number of benzene rings is 1. The van der Waals surface area contributed by atoms with Crippen LogP contribution >= 0.6 is 0 Å². The van der Waals surface area contributed by atoms with Crippen molar-refractivity contribution in [1.82, 2.24) is 24.9 Å². The van der Waals surface area contributed by atoms with Crippen LogP contribution in [0.25, 0.3) is 21.9 Å². The summed E-state index contributed by atoms with van der Waals surface area (Å²) in [5, 5.41) is 15.1. The molecule has 3 heterocycles. The number of hydrogen-bond acceptors (Lipinski definition) is 8. The molecule has 1 fully saturated rings. The number of rotatable bonds is 3. The Morgan fingerprint density at radius 2 is 2.00 bits per heavy atom. The van der Waals surface area contributed by atoms with Gasteiger partial charge in [-0.25, -0.2) is 14.4 Å². The highest BCUT2D eigenvalue weighted by atomic mass is 19.1. The molecule has 170 valence electrons. The van der Waals surface area contributed by atoms with Crippen molar-refractivity contribution in [3.05, 3.63) is 41.4 Å². The number of aliphatic hydroxyl groups is 1. The van der Waals surface area contributed by atoms with E-state index in [1.165, 1.54) is 6.07 Å². The second-order valence-electron chi connectivity index (χ2n) is 8.97. The zero-order valence-electron chi connectivity index (χ0n) is 18.3. The summed E-state index contributed by atoms with van der Waals surface area (Å²) in [5.74, 6) is 0.716. The van der Waals surface area contributed by atoms with Gasteiger partial charge in [0.05, 0.1) is 35.4 Å². The van der Waals surface area contributed by atoms with Crippen LogP contribution in [0.15, 0.2) is 18.5 Å². The Morgan fingerprint density at radius 1 is 1.21 bits per heavy atom. The van der Waals surface area contributed by atoms with E-state index in [-0.39, 0.29) is 29.7 Å². The molecule has 4 aromatic rings. The number of aryl methyl sites for hydroxylation is 1. The molecular formula is C23H24FN7O2. The molecule has 4 atom stereocenters. The van der Waals surface area contributed by atoms with Gasteiger partial charge in [-0.2, -0.15) is 9.97 Å². The van der Waals surface area contributed by atoms with Crippen molar-refractivity contribution in [3.8, 4) is 11.8 Å². The van der Waals surface area contributed by atoms with E-state index in [1.54, 1.807) is 26.4 Å². The monoisotopic (exact) mass is 449 g/mol. The molecule has 3 aromatic heterocycles. The van der Waals surface area contributed by atoms with Crippen LogP contribution in [0.3, 0.4) is 0 Å². The van der Waals surface area contributed by atoms with Gasteiger partial charge in [-0.05, 0) is 43.7 Å². The summed E-state index contributed by atoms with van der Waals surface area (Å²) in [6.07, 6.45) is 4.04. The summed E-state index contributed by atoms with van der Waals surface area (Å²) in [6, 6.07) is 1.29. The SMILES string of the molecule is CNc1cc(F)c2c3c1[nH]c1nc(Oc4cnc(C)nc4)nc(c13)C1CC(N)C(O)CC1C2. The smallest absolute Gasteiger partial charge is 0.324 e. The summed E-state index contributed by atoms with van der Waals surface area (Å²) in [6.45, 7) is 1.79. The number of nitrogens with zero attached hydrogens (tertiary/aromatic N) is 4. The highest BCUT2D eigenvalue weighted by molar-refractivity contribution is 6.13. The molecule has 0 amide bonds. The molecule has 0 bridgehead atoms. The standard InChI is InChI=1S/C23H24FN7O2/c1-9-27-7-11(8-28-9)33-23-30-20-12-5-15(25)17(32)4-10(12)3-13-14(24)6-16(26-2)21-18(13)19(20)22(29-21)31-23/h6-8,10,12,15,17,26,32H,3-5,25H2,1-2H3,(H,29,30,31). The number of aromatic amines is 1. The maximum absolute atomic E-state index is 15.3. The molecular weight excluding hydrogens is 425 g/mol. The average molecular weight is 449 g/mol. The predicted molar refractivity (Wildman–Crippen MR) is 121 cm³/mol. The van der Waals surface area contributed by atoms with E-state index in [0.29, 0.717) is 47.7 Å². The quantitative estimate of drug-likeness (QED) is 0.375. The summed E-state index contributed by atoms with van der Waals surface area (Å²) in [5.41, 5.74) is 9.64. The summed E-state index contributed by atoms with van der Waals surface area (Å²) < 4.78 is 21.2. The van der Waals surface area contributed by atoms with E-state index in [1.807, 2.05) is 0 Å². The summed E-state index contributed by atoms with van der Waals surface area (Å²) in [4.78, 5) is 21.1. The minimum atomic E-state index is -0.627. The minimum Gasteiger partial charge on any atom is -0.421 e. The first-order valence-electron chi connectivity index (χ1n) is 11.1. The van der Waals surface area contributed by atoms with E-state index in [4.69, 9.17) is 15.5 Å². The molecule has 2 aliphatic rings. The van der Waals surface area contributed by atoms with Gasteiger partial charge in [0.25, 0.3) is 0 Å². The minimum absolute atomic E-state index is 0.000932. The molecule has 10 heteroatoms. The second-order valence-corrected chi connectivity index (χ2v) is 8.97. The number of nitrogens with one attached hydrogen (secondary N) is 2. The first-order chi connectivity index (χ1) is 15.9. The van der Waals surface area contributed by atoms with Gasteiger partial charge in [-0.15, -0.1) is 0 Å². The Labute approximate surface area is 188 Å². The Balaban J connectivity index is 1.61. The van der Waals surface area contributed by atoms with Crippen LogP contribution in [0.1, 0.15) is 35.8 Å². The zero-order valence-corrected chi connectivity index (χ0v) is 18.3. The summed E-state index contributed by atoms with van der Waals surface area (Å²) in [7, 11) is 1.76. The lowest BCUT2D eigenvalue weighted by atomic mass is 9.72. The Hall–Kier alpha value is -3.37. The lowest BCUT2D eigenvalue weighted by molar-refractivity contribution is 0.0687. The average Bonchev–Trinajstić information content (AvgIpc) is 3.11. The predicted octanol–water partition coefficient (Wildman–Crippen LogP) is 2.92. The second kappa shape index (κ2) is 7.32. The molecule has 5 N–H and O–H groups in total. The maximum Gasteiger partial charge on any atom is 0.324 e. The first kappa shape index (κ1) is 20.3. The third-order valence-electron chi connectivity index (χ3n) is 6.98. The summed E-state index contributed by atoms with van der Waals surface area (Å²) >= 11 is 0. The number of ether oxygens (including phenoxy) is 1. The van der Waals surface area contributed by atoms with Gasteiger partial charge in [-0.3, -0.25) is 0 Å². The fourth-order valence-corrected chi connectivity index (χ4v) is 5.37. The lowest BCUT2D eigenvalue weighted by Gasteiger charge is -2.37. The Morgan fingerprint density at radius 3 is 2.76 bits per heavy atom. The topological polar surface area (TPSA) is 135 Å². The number of anilines is 1. The molecule has 9 nitrogen and oxygen atoms in total. The van der Waals surface area contributed by atoms with Crippen molar-refractivity contribution < 1.29 is 14.2 Å². The maximum atomic E-state index is 15.3. The van der Waals surface area contributed by atoms with Crippen LogP contribution in [0.5, 0.6) is 11.8 Å². The van der Waals surface area contributed by atoms with Crippen molar-refractivity contribution in [2.45, 2.75) is 44.2 Å². The van der Waals surface area contributed by atoms with Crippen LogP contribution in [-0.2, 0) is 6.42 Å². The van der Waals surface area contributed by atoms with Crippen molar-refractivity contribution in [2.24, 2.45) is 11.7 Å². The van der Waals surface area contributed by atoms with Gasteiger partial charge >= 0.3 is 6.01 Å². The zero-order chi connectivity index (χ0) is 22.9. The van der Waals surface area contributed by atoms with E-state index in [2.05, 4.69) is 25.3 Å². The third kappa shape index (κ3) is 3.12. The number of aliphatic hydroxyl groups excluding tert-OH is 1. The number of fused-ring (bicyclic) bond motifs is 2. The van der Waals surface area contributed by atoms with Crippen LogP contribution in [0, 0.1) is 18.7 Å². The normalized spacial score (nSPS) is 24.2.